The number of nitrogens with zero attached hydrogens (tertiary/aromatic N) is 2. The highest BCUT2D eigenvalue weighted by Crippen LogP contribution is 2.27. The Morgan fingerprint density at radius 1 is 0.963 bits per heavy atom. The molecule has 0 atom stereocenters. The van der Waals surface area contributed by atoms with Gasteiger partial charge < -0.3 is 10.1 Å². The van der Waals surface area contributed by atoms with Crippen LogP contribution in [0, 0.1) is 0 Å². The molecule has 27 heavy (non-hydrogen) atoms. The zero-order valence-corrected chi connectivity index (χ0v) is 18.3. The molecule has 0 fully saturated rings. The number of hydrogen-bond acceptors (Lipinski definition) is 6. The van der Waals surface area contributed by atoms with Crippen LogP contribution in [0.1, 0.15) is 11.3 Å². The summed E-state index contributed by atoms with van der Waals surface area (Å²) in [6.45, 7) is 0. The molecule has 0 amide bonds. The van der Waals surface area contributed by atoms with Gasteiger partial charge in [0.25, 0.3) is 0 Å². The first kappa shape index (κ1) is 20.0. The predicted molar refractivity (Wildman–Crippen MR) is 118 cm³/mol. The lowest BCUT2D eigenvalue weighted by Crippen LogP contribution is -1.99. The number of benzene rings is 2. The van der Waals surface area contributed by atoms with Crippen LogP contribution in [0.5, 0.6) is 5.75 Å². The summed E-state index contributed by atoms with van der Waals surface area (Å²) in [4.78, 5) is 10.5. The third kappa shape index (κ3) is 6.16. The molecule has 1 aromatic heterocycles. The Balaban J connectivity index is 1.65. The average Bonchev–Trinajstić information content (AvgIpc) is 2.72. The molecule has 7 heteroatoms. The van der Waals surface area contributed by atoms with Gasteiger partial charge in [0.15, 0.2) is 5.16 Å². The van der Waals surface area contributed by atoms with E-state index in [1.165, 1.54) is 10.5 Å². The molecule has 2 aromatic carbocycles. The quantitative estimate of drug-likeness (QED) is 0.334. The second-order valence-corrected chi connectivity index (χ2v) is 8.56. The van der Waals surface area contributed by atoms with Crippen LogP contribution in [-0.2, 0) is 11.5 Å². The molecule has 0 unspecified atom stereocenters. The Kier molecular flexibility index (Phi) is 7.43. The summed E-state index contributed by atoms with van der Waals surface area (Å²) in [6, 6.07) is 18.4. The number of rotatable bonds is 8. The fourth-order valence-electron chi connectivity index (χ4n) is 2.30. The monoisotopic (exact) mass is 461 g/mol. The molecule has 140 valence electrons. The lowest BCUT2D eigenvalue weighted by molar-refractivity contribution is 0.414. The van der Waals surface area contributed by atoms with Crippen LogP contribution in [0.4, 0.5) is 5.82 Å². The first-order valence-corrected chi connectivity index (χ1v) is 11.1. The van der Waals surface area contributed by atoms with E-state index in [1.54, 1.807) is 30.6 Å². The van der Waals surface area contributed by atoms with Crippen LogP contribution in [0.2, 0.25) is 0 Å². The van der Waals surface area contributed by atoms with Gasteiger partial charge >= 0.3 is 0 Å². The Hall–Kier alpha value is -1.70. The normalized spacial score (nSPS) is 10.6. The molecule has 0 aliphatic rings. The topological polar surface area (TPSA) is 47.0 Å². The number of aromatic nitrogens is 2. The van der Waals surface area contributed by atoms with Crippen LogP contribution >= 0.6 is 39.5 Å². The number of ether oxygens (including phenoxy) is 1. The largest absolute Gasteiger partial charge is 0.497 e. The van der Waals surface area contributed by atoms with E-state index in [4.69, 9.17) is 9.72 Å². The molecule has 1 N–H and O–H groups in total. The van der Waals surface area contributed by atoms with Crippen molar-refractivity contribution in [3.05, 3.63) is 70.3 Å². The van der Waals surface area contributed by atoms with Gasteiger partial charge in [-0.05, 0) is 42.0 Å². The summed E-state index contributed by atoms with van der Waals surface area (Å²) in [5.74, 6) is 3.32. The molecule has 0 aliphatic heterocycles. The second-order valence-electron chi connectivity index (χ2n) is 5.66. The third-order valence-corrected chi connectivity index (χ3v) is 6.23. The van der Waals surface area contributed by atoms with Crippen molar-refractivity contribution in [1.29, 1.82) is 0 Å². The maximum atomic E-state index is 5.20. The molecular weight excluding hydrogens is 442 g/mol. The first-order chi connectivity index (χ1) is 13.2. The highest BCUT2D eigenvalue weighted by molar-refractivity contribution is 9.10. The molecule has 0 spiro atoms. The first-order valence-electron chi connectivity index (χ1n) is 8.36. The summed E-state index contributed by atoms with van der Waals surface area (Å²) in [7, 11) is 3.56. The fourth-order valence-corrected chi connectivity index (χ4v) is 4.19. The van der Waals surface area contributed by atoms with E-state index in [1.807, 2.05) is 25.2 Å². The molecule has 0 saturated heterocycles. The maximum Gasteiger partial charge on any atom is 0.190 e. The van der Waals surface area contributed by atoms with Crippen molar-refractivity contribution in [3.8, 4) is 5.75 Å². The number of anilines is 1. The van der Waals surface area contributed by atoms with Crippen LogP contribution in [-0.4, -0.2) is 24.1 Å². The van der Waals surface area contributed by atoms with Gasteiger partial charge in [0.05, 0.1) is 12.8 Å². The fraction of sp³-hybridized carbons (Fsp3) is 0.200. The van der Waals surface area contributed by atoms with Crippen LogP contribution in [0.3, 0.4) is 0 Å². The Morgan fingerprint density at radius 2 is 1.70 bits per heavy atom. The van der Waals surface area contributed by atoms with Crippen molar-refractivity contribution < 1.29 is 4.74 Å². The molecule has 0 bridgehead atoms. The highest BCUT2D eigenvalue weighted by atomic mass is 79.9. The number of halogens is 1. The second kappa shape index (κ2) is 10.0. The maximum absolute atomic E-state index is 5.20. The van der Waals surface area contributed by atoms with Crippen LogP contribution in [0.15, 0.2) is 69.1 Å². The van der Waals surface area contributed by atoms with E-state index in [0.717, 1.165) is 38.4 Å². The summed E-state index contributed by atoms with van der Waals surface area (Å²) in [5.41, 5.74) is 2.23. The van der Waals surface area contributed by atoms with Gasteiger partial charge in [-0.3, -0.25) is 0 Å². The molecule has 0 saturated carbocycles. The van der Waals surface area contributed by atoms with E-state index in [-0.39, 0.29) is 0 Å². The van der Waals surface area contributed by atoms with E-state index >= 15 is 0 Å². The molecule has 3 rings (SSSR count). The minimum absolute atomic E-state index is 0.782. The van der Waals surface area contributed by atoms with Crippen molar-refractivity contribution in [1.82, 2.24) is 9.97 Å². The Bertz CT molecular complexity index is 873. The van der Waals surface area contributed by atoms with Crippen LogP contribution in [0.25, 0.3) is 0 Å². The van der Waals surface area contributed by atoms with Gasteiger partial charge in [-0.15, -0.1) is 11.8 Å². The van der Waals surface area contributed by atoms with E-state index in [2.05, 4.69) is 62.6 Å². The van der Waals surface area contributed by atoms with Gasteiger partial charge in [-0.1, -0.05) is 39.8 Å². The predicted octanol–water partition coefficient (Wildman–Crippen LogP) is 5.87. The minimum Gasteiger partial charge on any atom is -0.497 e. The highest BCUT2D eigenvalue weighted by Gasteiger charge is 2.07. The van der Waals surface area contributed by atoms with E-state index in [0.29, 0.717) is 0 Å². The number of hydrogen-bond donors (Lipinski definition) is 1. The van der Waals surface area contributed by atoms with Crippen LogP contribution < -0.4 is 10.1 Å². The van der Waals surface area contributed by atoms with Crippen molar-refractivity contribution >= 4 is 45.3 Å². The molecule has 0 aliphatic carbocycles. The van der Waals surface area contributed by atoms with Crippen molar-refractivity contribution in [2.45, 2.75) is 21.6 Å². The zero-order chi connectivity index (χ0) is 19.1. The van der Waals surface area contributed by atoms with Gasteiger partial charge in [0.1, 0.15) is 11.6 Å². The van der Waals surface area contributed by atoms with Crippen molar-refractivity contribution in [2.75, 3.05) is 19.5 Å². The molecule has 3 aromatic rings. The summed E-state index contributed by atoms with van der Waals surface area (Å²) < 4.78 is 6.29. The van der Waals surface area contributed by atoms with Gasteiger partial charge in [0.2, 0.25) is 0 Å². The number of thioether (sulfide) groups is 2. The van der Waals surface area contributed by atoms with Crippen molar-refractivity contribution in [3.63, 3.8) is 0 Å². The Labute approximate surface area is 176 Å². The molecule has 0 radical (unpaired) electrons. The molecule has 4 nitrogen and oxygen atoms in total. The number of nitrogens with one attached hydrogen (secondary N) is 1. The Morgan fingerprint density at radius 3 is 2.37 bits per heavy atom. The third-order valence-electron chi connectivity index (χ3n) is 3.74. The summed E-state index contributed by atoms with van der Waals surface area (Å²) >= 11 is 6.87. The van der Waals surface area contributed by atoms with E-state index in [9.17, 15) is 0 Å². The van der Waals surface area contributed by atoms with Crippen molar-refractivity contribution in [2.24, 2.45) is 0 Å². The number of methoxy groups -OCH3 is 1. The lowest BCUT2D eigenvalue weighted by atomic mass is 10.2. The molecular formula is C20H20BrN3OS2. The smallest absolute Gasteiger partial charge is 0.190 e. The lowest BCUT2D eigenvalue weighted by Gasteiger charge is -2.08. The molecule has 1 heterocycles. The van der Waals surface area contributed by atoms with E-state index < -0.39 is 0 Å². The average molecular weight is 462 g/mol. The summed E-state index contributed by atoms with van der Waals surface area (Å²) in [5, 5.41) is 3.91. The van der Waals surface area contributed by atoms with Gasteiger partial charge in [-0.25, -0.2) is 9.97 Å². The van der Waals surface area contributed by atoms with Gasteiger partial charge in [-0.2, -0.15) is 0 Å². The van der Waals surface area contributed by atoms with Gasteiger partial charge in [0, 0.05) is 34.0 Å². The zero-order valence-electron chi connectivity index (χ0n) is 15.1. The summed E-state index contributed by atoms with van der Waals surface area (Å²) in [6.07, 6.45) is 0. The SMILES string of the molecule is CNc1cc(CSc2ccc(Br)cc2)nc(SCc2ccc(OC)cc2)n1. The standard InChI is InChI=1S/C20H20BrN3OS2/c1-22-19-11-16(13-26-18-9-5-15(21)6-10-18)23-20(24-19)27-12-14-3-7-17(25-2)8-4-14/h3-11H,12-13H2,1-2H3,(H,22,23,24). The minimum atomic E-state index is 0.782.